The monoisotopic (exact) mass is 300 g/mol. The number of carbonyl (C=O) groups is 1. The van der Waals surface area contributed by atoms with Gasteiger partial charge >= 0.3 is 6.03 Å². The molecule has 2 atom stereocenters. The van der Waals surface area contributed by atoms with Crippen LogP contribution >= 0.6 is 0 Å². The normalized spacial score (nSPS) is 19.8. The van der Waals surface area contributed by atoms with E-state index < -0.39 is 6.10 Å². The number of rotatable bonds is 3. The number of hydrogen-bond acceptors (Lipinski definition) is 3. The van der Waals surface area contributed by atoms with Crippen molar-refractivity contribution in [3.05, 3.63) is 52.8 Å². The Kier molecular flexibility index (Phi) is 3.85. The third-order valence-electron chi connectivity index (χ3n) is 4.27. The average molecular weight is 300 g/mol. The summed E-state index contributed by atoms with van der Waals surface area (Å²) in [5, 5.41) is 20.0. The van der Waals surface area contributed by atoms with Crippen molar-refractivity contribution in [2.75, 3.05) is 0 Å². The summed E-state index contributed by atoms with van der Waals surface area (Å²) in [6.45, 7) is 2.37. The van der Waals surface area contributed by atoms with Crippen molar-refractivity contribution in [2.45, 2.75) is 32.0 Å². The fraction of sp³-hybridized carbons (Fsp3) is 0.375. The fourth-order valence-electron chi connectivity index (χ4n) is 2.83. The minimum absolute atomic E-state index is 0.288. The molecule has 3 N–H and O–H groups in total. The summed E-state index contributed by atoms with van der Waals surface area (Å²) in [5.74, 6) is 0. The number of carbonyl (C=O) groups excluding carboxylic acids is 1. The van der Waals surface area contributed by atoms with Gasteiger partial charge in [0.15, 0.2) is 0 Å². The number of amides is 2. The molecule has 0 fully saturated rings. The van der Waals surface area contributed by atoms with Crippen LogP contribution in [0.5, 0.6) is 0 Å². The summed E-state index contributed by atoms with van der Waals surface area (Å²) in [6, 6.07) is 7.15. The zero-order valence-corrected chi connectivity index (χ0v) is 12.7. The van der Waals surface area contributed by atoms with E-state index in [1.54, 1.807) is 10.9 Å². The molecule has 0 radical (unpaired) electrons. The number of aliphatic hydroxyl groups is 1. The van der Waals surface area contributed by atoms with Gasteiger partial charge in [0.1, 0.15) is 0 Å². The van der Waals surface area contributed by atoms with Crippen LogP contribution in [0.2, 0.25) is 0 Å². The number of fused-ring (bicyclic) bond motifs is 1. The average Bonchev–Trinajstić information content (AvgIpc) is 2.99. The molecular weight excluding hydrogens is 280 g/mol. The molecule has 1 heterocycles. The van der Waals surface area contributed by atoms with Crippen LogP contribution < -0.4 is 10.6 Å². The minimum atomic E-state index is -0.580. The lowest BCUT2D eigenvalue weighted by Gasteiger charge is -2.18. The van der Waals surface area contributed by atoms with Crippen LogP contribution in [0.15, 0.2) is 30.5 Å². The van der Waals surface area contributed by atoms with E-state index in [-0.39, 0.29) is 12.1 Å². The molecule has 0 spiro atoms. The van der Waals surface area contributed by atoms with E-state index in [0.717, 1.165) is 22.4 Å². The zero-order valence-electron chi connectivity index (χ0n) is 12.7. The highest BCUT2D eigenvalue weighted by atomic mass is 16.3. The quantitative estimate of drug-likeness (QED) is 0.796. The van der Waals surface area contributed by atoms with Gasteiger partial charge in [-0.1, -0.05) is 24.3 Å². The number of aromatic nitrogens is 2. The molecule has 1 aromatic heterocycles. The number of nitrogens with one attached hydrogen (secondary N) is 2. The van der Waals surface area contributed by atoms with E-state index >= 15 is 0 Å². The van der Waals surface area contributed by atoms with Crippen LogP contribution in [-0.4, -0.2) is 27.0 Å². The van der Waals surface area contributed by atoms with E-state index in [2.05, 4.69) is 15.7 Å². The first-order valence-corrected chi connectivity index (χ1v) is 7.34. The van der Waals surface area contributed by atoms with Gasteiger partial charge in [-0.15, -0.1) is 0 Å². The van der Waals surface area contributed by atoms with Crippen molar-refractivity contribution in [1.29, 1.82) is 0 Å². The molecule has 0 bridgehead atoms. The van der Waals surface area contributed by atoms with Gasteiger partial charge in [-0.25, -0.2) is 4.79 Å². The van der Waals surface area contributed by atoms with Crippen molar-refractivity contribution in [2.24, 2.45) is 7.05 Å². The lowest BCUT2D eigenvalue weighted by molar-refractivity contribution is 0.142. The lowest BCUT2D eigenvalue weighted by Crippen LogP contribution is -2.40. The topological polar surface area (TPSA) is 79.2 Å². The van der Waals surface area contributed by atoms with Gasteiger partial charge in [0, 0.05) is 31.3 Å². The van der Waals surface area contributed by atoms with E-state index in [1.165, 1.54) is 0 Å². The molecule has 2 unspecified atom stereocenters. The third kappa shape index (κ3) is 2.69. The Morgan fingerprint density at radius 2 is 2.23 bits per heavy atom. The van der Waals surface area contributed by atoms with Crippen LogP contribution in [-0.2, 0) is 20.0 Å². The Bertz CT molecular complexity index is 695. The first kappa shape index (κ1) is 14.6. The molecule has 0 saturated heterocycles. The highest BCUT2D eigenvalue weighted by Crippen LogP contribution is 2.30. The predicted molar refractivity (Wildman–Crippen MR) is 82.2 cm³/mol. The number of benzene rings is 1. The Morgan fingerprint density at radius 1 is 1.45 bits per heavy atom. The number of aryl methyl sites for hydroxylation is 1. The summed E-state index contributed by atoms with van der Waals surface area (Å²) in [5.41, 5.74) is 4.07. The van der Waals surface area contributed by atoms with Crippen molar-refractivity contribution in [3.63, 3.8) is 0 Å². The van der Waals surface area contributed by atoms with E-state index in [0.29, 0.717) is 13.0 Å². The van der Waals surface area contributed by atoms with Crippen molar-refractivity contribution in [1.82, 2.24) is 20.4 Å². The van der Waals surface area contributed by atoms with Crippen molar-refractivity contribution >= 4 is 6.03 Å². The molecule has 1 aromatic carbocycles. The van der Waals surface area contributed by atoms with E-state index in [4.69, 9.17) is 0 Å². The van der Waals surface area contributed by atoms with Gasteiger partial charge < -0.3 is 15.7 Å². The van der Waals surface area contributed by atoms with Crippen LogP contribution in [0.4, 0.5) is 4.79 Å². The van der Waals surface area contributed by atoms with Crippen LogP contribution in [0.25, 0.3) is 0 Å². The lowest BCUT2D eigenvalue weighted by atomic mass is 10.1. The van der Waals surface area contributed by atoms with Gasteiger partial charge in [0.05, 0.1) is 18.3 Å². The number of hydrogen-bond donors (Lipinski definition) is 3. The maximum absolute atomic E-state index is 12.1. The third-order valence-corrected chi connectivity index (χ3v) is 4.27. The molecule has 1 aliphatic rings. The van der Waals surface area contributed by atoms with Crippen LogP contribution in [0.1, 0.15) is 28.4 Å². The molecule has 6 heteroatoms. The largest absolute Gasteiger partial charge is 0.390 e. The zero-order chi connectivity index (χ0) is 15.7. The Morgan fingerprint density at radius 3 is 2.95 bits per heavy atom. The molecule has 2 aromatic rings. The fourth-order valence-corrected chi connectivity index (χ4v) is 2.83. The Balaban J connectivity index is 1.61. The molecule has 0 aliphatic heterocycles. The van der Waals surface area contributed by atoms with Gasteiger partial charge in [-0.2, -0.15) is 5.10 Å². The summed E-state index contributed by atoms with van der Waals surface area (Å²) >= 11 is 0. The van der Waals surface area contributed by atoms with Gasteiger partial charge in [0.2, 0.25) is 0 Å². The Labute approximate surface area is 129 Å². The molecule has 3 rings (SSSR count). The smallest absolute Gasteiger partial charge is 0.315 e. The number of aliphatic hydroxyl groups excluding tert-OH is 1. The SMILES string of the molecule is Cc1c(CNC(=O)NC2c3ccccc3CC2O)cnn1C. The van der Waals surface area contributed by atoms with Crippen molar-refractivity contribution < 1.29 is 9.90 Å². The first-order valence-electron chi connectivity index (χ1n) is 7.34. The highest BCUT2D eigenvalue weighted by molar-refractivity contribution is 5.74. The van der Waals surface area contributed by atoms with Gasteiger partial charge in [-0.05, 0) is 18.1 Å². The number of urea groups is 1. The molecule has 116 valence electrons. The van der Waals surface area contributed by atoms with Crippen LogP contribution in [0.3, 0.4) is 0 Å². The molecule has 0 saturated carbocycles. The standard InChI is InChI=1S/C16H20N4O2/c1-10-12(9-18-20(10)2)8-17-16(22)19-15-13-6-4-3-5-11(13)7-14(15)21/h3-6,9,14-15,21H,7-8H2,1-2H3,(H2,17,19,22). The summed E-state index contributed by atoms with van der Waals surface area (Å²) in [7, 11) is 1.87. The molecule has 2 amide bonds. The summed E-state index contributed by atoms with van der Waals surface area (Å²) < 4.78 is 1.77. The first-order chi connectivity index (χ1) is 10.6. The van der Waals surface area contributed by atoms with Gasteiger partial charge in [0.25, 0.3) is 0 Å². The summed E-state index contributed by atoms with van der Waals surface area (Å²) in [4.78, 5) is 12.1. The second-order valence-electron chi connectivity index (χ2n) is 5.65. The van der Waals surface area contributed by atoms with Crippen molar-refractivity contribution in [3.8, 4) is 0 Å². The number of nitrogens with zero attached hydrogens (tertiary/aromatic N) is 2. The highest BCUT2D eigenvalue weighted by Gasteiger charge is 2.31. The Hall–Kier alpha value is -2.34. The maximum atomic E-state index is 12.1. The van der Waals surface area contributed by atoms with E-state index in [9.17, 15) is 9.90 Å². The minimum Gasteiger partial charge on any atom is -0.390 e. The maximum Gasteiger partial charge on any atom is 0.315 e. The second-order valence-corrected chi connectivity index (χ2v) is 5.65. The molecule has 22 heavy (non-hydrogen) atoms. The van der Waals surface area contributed by atoms with E-state index in [1.807, 2.05) is 38.2 Å². The predicted octanol–water partition coefficient (Wildman–Crippen LogP) is 1.19. The second kappa shape index (κ2) is 5.81. The van der Waals surface area contributed by atoms with Gasteiger partial charge in [-0.3, -0.25) is 4.68 Å². The van der Waals surface area contributed by atoms with Crippen LogP contribution in [0, 0.1) is 6.92 Å². The molecular formula is C16H20N4O2. The molecule has 1 aliphatic carbocycles. The summed E-state index contributed by atoms with van der Waals surface area (Å²) in [6.07, 6.45) is 1.74. The molecule has 6 nitrogen and oxygen atoms in total.